The van der Waals surface area contributed by atoms with Crippen LogP contribution in [0.15, 0.2) is 11.5 Å². The number of halogens is 2. The van der Waals surface area contributed by atoms with Crippen LogP contribution in [-0.4, -0.2) is 19.3 Å². The lowest BCUT2D eigenvalue weighted by atomic mass is 10.4. The molecular weight excluding hydrogens is 156 g/mol. The molecule has 5 heteroatoms. The second kappa shape index (κ2) is 4.65. The Labute approximate surface area is 62.8 Å². The van der Waals surface area contributed by atoms with Gasteiger partial charge in [-0.3, -0.25) is 0 Å². The van der Waals surface area contributed by atoms with Gasteiger partial charge in [-0.1, -0.05) is 0 Å². The second-order valence-corrected chi connectivity index (χ2v) is 1.69. The number of carbonyl (C=O) groups is 1. The summed E-state index contributed by atoms with van der Waals surface area (Å²) in [6.07, 6.45) is 0. The van der Waals surface area contributed by atoms with E-state index in [1.807, 2.05) is 0 Å². The average Bonchev–Trinajstić information content (AvgIpc) is 2.02. The molecule has 3 nitrogen and oxygen atoms in total. The van der Waals surface area contributed by atoms with E-state index in [4.69, 9.17) is 5.73 Å². The van der Waals surface area contributed by atoms with Gasteiger partial charge in [0.05, 0.1) is 12.3 Å². The Hall–Kier alpha value is -1.13. The number of hydrogen-bond acceptors (Lipinski definition) is 3. The third kappa shape index (κ3) is 2.97. The summed E-state index contributed by atoms with van der Waals surface area (Å²) in [5.41, 5.74) is 4.04. The van der Waals surface area contributed by atoms with Crippen LogP contribution in [-0.2, 0) is 9.53 Å². The van der Waals surface area contributed by atoms with Gasteiger partial charge in [-0.15, -0.1) is 0 Å². The Morgan fingerprint density at radius 3 is 2.55 bits per heavy atom. The summed E-state index contributed by atoms with van der Waals surface area (Å²) in [5, 5.41) is 0. The van der Waals surface area contributed by atoms with Gasteiger partial charge in [0, 0.05) is 0 Å². The van der Waals surface area contributed by atoms with E-state index in [2.05, 4.69) is 4.74 Å². The molecule has 0 aliphatic rings. The number of alkyl halides is 1. The van der Waals surface area contributed by atoms with Crippen LogP contribution >= 0.6 is 0 Å². The summed E-state index contributed by atoms with van der Waals surface area (Å²) in [5.74, 6) is -2.57. The first-order valence-electron chi connectivity index (χ1n) is 3.00. The Kier molecular flexibility index (Phi) is 4.17. The highest BCUT2D eigenvalue weighted by molar-refractivity contribution is 5.86. The van der Waals surface area contributed by atoms with E-state index in [0.29, 0.717) is 0 Å². The maximum absolute atomic E-state index is 12.4. The molecule has 0 unspecified atom stereocenters. The van der Waals surface area contributed by atoms with Gasteiger partial charge in [-0.2, -0.15) is 4.39 Å². The highest BCUT2D eigenvalue weighted by Crippen LogP contribution is 2.03. The molecule has 2 N–H and O–H groups in total. The van der Waals surface area contributed by atoms with Crippen molar-refractivity contribution in [3.05, 3.63) is 11.5 Å². The summed E-state index contributed by atoms with van der Waals surface area (Å²) in [7, 11) is 0. The van der Waals surface area contributed by atoms with E-state index in [0.717, 1.165) is 0 Å². The topological polar surface area (TPSA) is 52.3 Å². The number of hydrogen-bond donors (Lipinski definition) is 1. The lowest BCUT2D eigenvalue weighted by Gasteiger charge is -1.99. The summed E-state index contributed by atoms with van der Waals surface area (Å²) in [6.45, 7) is 0.354. The van der Waals surface area contributed by atoms with Gasteiger partial charge < -0.3 is 10.5 Å². The molecule has 0 saturated carbocycles. The molecule has 0 amide bonds. The van der Waals surface area contributed by atoms with Crippen molar-refractivity contribution >= 4 is 5.97 Å². The van der Waals surface area contributed by atoms with Gasteiger partial charge in [0.25, 0.3) is 0 Å². The molecule has 0 bridgehead atoms. The number of ether oxygens (including phenoxy) is 1. The first-order chi connectivity index (χ1) is 5.13. The van der Waals surface area contributed by atoms with Gasteiger partial charge >= 0.3 is 5.97 Å². The molecule has 11 heavy (non-hydrogen) atoms. The van der Waals surface area contributed by atoms with Crippen molar-refractivity contribution in [1.29, 1.82) is 0 Å². The number of esters is 1. The fraction of sp³-hybridized carbons (Fsp3) is 0.500. The lowest BCUT2D eigenvalue weighted by Crippen LogP contribution is -2.12. The highest BCUT2D eigenvalue weighted by Gasteiger charge is 2.13. The molecule has 0 atom stereocenters. The van der Waals surface area contributed by atoms with Crippen LogP contribution in [0.5, 0.6) is 0 Å². The lowest BCUT2D eigenvalue weighted by molar-refractivity contribution is -0.140. The van der Waals surface area contributed by atoms with Gasteiger partial charge in [-0.05, 0) is 6.92 Å². The minimum atomic E-state index is -1.35. The van der Waals surface area contributed by atoms with E-state index >= 15 is 0 Å². The van der Waals surface area contributed by atoms with Crippen LogP contribution < -0.4 is 5.73 Å². The molecule has 0 aliphatic carbocycles. The molecule has 0 saturated heterocycles. The van der Waals surface area contributed by atoms with E-state index in [1.54, 1.807) is 0 Å². The standard InChI is InChI=1S/C6H9F2NO2/c1-2-11-6(10)5(8)4(9)3-7/h2-3,9H2,1H3/b5-4+. The first kappa shape index (κ1) is 9.87. The highest BCUT2D eigenvalue weighted by atomic mass is 19.1. The van der Waals surface area contributed by atoms with Gasteiger partial charge in [0.1, 0.15) is 6.67 Å². The van der Waals surface area contributed by atoms with E-state index in [-0.39, 0.29) is 6.61 Å². The van der Waals surface area contributed by atoms with Crippen molar-refractivity contribution in [2.45, 2.75) is 6.92 Å². The average molecular weight is 165 g/mol. The maximum Gasteiger partial charge on any atom is 0.369 e. The summed E-state index contributed by atoms with van der Waals surface area (Å²) < 4.78 is 28.2. The molecule has 0 radical (unpaired) electrons. The largest absolute Gasteiger partial charge is 0.461 e. The molecule has 0 heterocycles. The summed E-state index contributed by atoms with van der Waals surface area (Å²) in [4.78, 5) is 10.4. The van der Waals surface area contributed by atoms with Crippen molar-refractivity contribution in [2.75, 3.05) is 13.3 Å². The van der Waals surface area contributed by atoms with Gasteiger partial charge in [-0.25, -0.2) is 9.18 Å². The van der Waals surface area contributed by atoms with E-state index in [9.17, 15) is 13.6 Å². The fourth-order valence-corrected chi connectivity index (χ4v) is 0.384. The first-order valence-corrected chi connectivity index (χ1v) is 3.00. The SMILES string of the molecule is CCOC(=O)/C(F)=C(\N)CF. The maximum atomic E-state index is 12.4. The second-order valence-electron chi connectivity index (χ2n) is 1.69. The Balaban J connectivity index is 4.22. The monoisotopic (exact) mass is 165 g/mol. The minimum Gasteiger partial charge on any atom is -0.461 e. The van der Waals surface area contributed by atoms with Gasteiger partial charge in [0.15, 0.2) is 0 Å². The van der Waals surface area contributed by atoms with Crippen LogP contribution in [0.1, 0.15) is 6.92 Å². The zero-order valence-corrected chi connectivity index (χ0v) is 6.06. The molecule has 0 fully saturated rings. The van der Waals surface area contributed by atoms with E-state index in [1.165, 1.54) is 6.92 Å². The van der Waals surface area contributed by atoms with E-state index < -0.39 is 24.2 Å². The summed E-state index contributed by atoms with van der Waals surface area (Å²) in [6, 6.07) is 0. The molecule has 0 rings (SSSR count). The zero-order valence-electron chi connectivity index (χ0n) is 6.06. The number of allylic oxidation sites excluding steroid dienone is 1. The number of rotatable bonds is 3. The molecule has 0 aromatic carbocycles. The number of nitrogens with two attached hydrogens (primary N) is 1. The minimum absolute atomic E-state index is 0.0336. The smallest absolute Gasteiger partial charge is 0.369 e. The number of carbonyl (C=O) groups excluding carboxylic acids is 1. The zero-order chi connectivity index (χ0) is 8.85. The molecule has 0 aromatic rings. The molecular formula is C6H9F2NO2. The van der Waals surface area contributed by atoms with Crippen LogP contribution in [0, 0.1) is 0 Å². The van der Waals surface area contributed by atoms with Crippen LogP contribution in [0.25, 0.3) is 0 Å². The van der Waals surface area contributed by atoms with Crippen LogP contribution in [0.3, 0.4) is 0 Å². The Bertz CT molecular complexity index is 179. The Morgan fingerprint density at radius 1 is 1.64 bits per heavy atom. The predicted molar refractivity (Wildman–Crippen MR) is 34.9 cm³/mol. The van der Waals surface area contributed by atoms with Gasteiger partial charge in [0.2, 0.25) is 5.83 Å². The van der Waals surface area contributed by atoms with Crippen molar-refractivity contribution in [1.82, 2.24) is 0 Å². The molecule has 64 valence electrons. The molecule has 0 aliphatic heterocycles. The predicted octanol–water partition coefficient (Wildman–Crippen LogP) is 0.659. The third-order valence-electron chi connectivity index (χ3n) is 0.881. The summed E-state index contributed by atoms with van der Waals surface area (Å²) >= 11 is 0. The van der Waals surface area contributed by atoms with Crippen LogP contribution in [0.4, 0.5) is 8.78 Å². The third-order valence-corrected chi connectivity index (χ3v) is 0.881. The van der Waals surface area contributed by atoms with Crippen molar-refractivity contribution in [3.63, 3.8) is 0 Å². The molecule has 0 aromatic heterocycles. The van der Waals surface area contributed by atoms with Crippen molar-refractivity contribution in [3.8, 4) is 0 Å². The molecule has 0 spiro atoms. The normalized spacial score (nSPS) is 12.3. The van der Waals surface area contributed by atoms with Crippen molar-refractivity contribution in [2.24, 2.45) is 5.73 Å². The van der Waals surface area contributed by atoms with Crippen LogP contribution in [0.2, 0.25) is 0 Å². The fourth-order valence-electron chi connectivity index (χ4n) is 0.384. The quantitative estimate of drug-likeness (QED) is 0.493. The van der Waals surface area contributed by atoms with Crippen molar-refractivity contribution < 1.29 is 18.3 Å². The Morgan fingerprint density at radius 2 is 2.18 bits per heavy atom.